The molecule has 3 unspecified atom stereocenters. The molecule has 23 heavy (non-hydrogen) atoms. The van der Waals surface area contributed by atoms with Crippen LogP contribution in [0.3, 0.4) is 0 Å². The molecule has 6 nitrogen and oxygen atoms in total. The van der Waals surface area contributed by atoms with Gasteiger partial charge >= 0.3 is 0 Å². The number of rotatable bonds is 9. The van der Waals surface area contributed by atoms with Crippen molar-refractivity contribution in [1.82, 2.24) is 15.8 Å². The maximum atomic E-state index is 13.5. The van der Waals surface area contributed by atoms with Gasteiger partial charge in [-0.1, -0.05) is 20.3 Å². The van der Waals surface area contributed by atoms with Crippen molar-refractivity contribution in [2.75, 3.05) is 20.2 Å². The minimum Gasteiger partial charge on any atom is -0.356 e. The third-order valence-corrected chi connectivity index (χ3v) is 4.73. The first-order chi connectivity index (χ1) is 10.8. The highest BCUT2D eigenvalue weighted by atomic mass is 19.3. The number of halogens is 2. The number of amidine groups is 1. The van der Waals surface area contributed by atoms with Crippen LogP contribution in [0.2, 0.25) is 0 Å². The summed E-state index contributed by atoms with van der Waals surface area (Å²) in [7, 11) is 1.87. The Morgan fingerprint density at radius 1 is 1.48 bits per heavy atom. The van der Waals surface area contributed by atoms with Gasteiger partial charge < -0.3 is 15.3 Å². The SMILES string of the molecule is CCC[C@]12C(=NCC(F)(F)CC)NN(C)C1C2NC(O)OCC. The Balaban J connectivity index is 2.15. The van der Waals surface area contributed by atoms with E-state index in [0.29, 0.717) is 12.4 Å². The van der Waals surface area contributed by atoms with Crippen LogP contribution in [0.25, 0.3) is 0 Å². The molecule has 1 saturated heterocycles. The molecular weight excluding hydrogens is 306 g/mol. The fourth-order valence-corrected chi connectivity index (χ4v) is 3.54. The summed E-state index contributed by atoms with van der Waals surface area (Å²) in [6.07, 6.45) is 0.422. The van der Waals surface area contributed by atoms with Crippen molar-refractivity contribution < 1.29 is 18.6 Å². The molecule has 1 aliphatic carbocycles. The number of aliphatic hydroxyl groups excluding tert-OH is 1. The van der Waals surface area contributed by atoms with Crippen molar-refractivity contribution in [3.05, 3.63) is 0 Å². The molecule has 0 aromatic carbocycles. The second-order valence-electron chi connectivity index (χ2n) is 6.28. The van der Waals surface area contributed by atoms with Gasteiger partial charge in [0.2, 0.25) is 6.41 Å². The highest BCUT2D eigenvalue weighted by Crippen LogP contribution is 2.56. The summed E-state index contributed by atoms with van der Waals surface area (Å²) in [5.41, 5.74) is 2.74. The molecule has 0 bridgehead atoms. The van der Waals surface area contributed by atoms with Crippen LogP contribution >= 0.6 is 0 Å². The normalized spacial score (nSPS) is 33.6. The molecule has 0 aromatic heterocycles. The Morgan fingerprint density at radius 3 is 2.74 bits per heavy atom. The zero-order chi connectivity index (χ0) is 17.3. The van der Waals surface area contributed by atoms with Gasteiger partial charge in [0.1, 0.15) is 12.4 Å². The summed E-state index contributed by atoms with van der Waals surface area (Å²) < 4.78 is 32.2. The average molecular weight is 334 g/mol. The number of hydrogen-bond acceptors (Lipinski definition) is 5. The van der Waals surface area contributed by atoms with Crippen LogP contribution in [-0.2, 0) is 4.74 Å². The molecule has 1 saturated carbocycles. The van der Waals surface area contributed by atoms with E-state index in [0.717, 1.165) is 12.8 Å². The van der Waals surface area contributed by atoms with Crippen molar-refractivity contribution in [3.8, 4) is 0 Å². The number of nitrogens with zero attached hydrogens (tertiary/aromatic N) is 2. The molecule has 4 atom stereocenters. The van der Waals surface area contributed by atoms with E-state index in [1.165, 1.54) is 6.92 Å². The lowest BCUT2D eigenvalue weighted by molar-refractivity contribution is -0.119. The molecule has 2 aliphatic rings. The second-order valence-corrected chi connectivity index (χ2v) is 6.28. The Bertz CT molecular complexity index is 449. The van der Waals surface area contributed by atoms with Gasteiger partial charge in [-0.05, 0) is 13.3 Å². The van der Waals surface area contributed by atoms with Crippen LogP contribution in [0.4, 0.5) is 8.78 Å². The lowest BCUT2D eigenvalue weighted by Crippen LogP contribution is -2.46. The maximum absolute atomic E-state index is 13.5. The maximum Gasteiger partial charge on any atom is 0.267 e. The fraction of sp³-hybridized carbons (Fsp3) is 0.933. The Hall–Kier alpha value is -0.830. The van der Waals surface area contributed by atoms with Gasteiger partial charge in [-0.15, -0.1) is 0 Å². The molecule has 2 fully saturated rings. The van der Waals surface area contributed by atoms with Gasteiger partial charge in [0, 0.05) is 26.1 Å². The number of aliphatic hydroxyl groups is 1. The molecule has 0 spiro atoms. The van der Waals surface area contributed by atoms with Gasteiger partial charge in [-0.25, -0.2) is 13.8 Å². The molecular formula is C15H28F2N4O2. The second kappa shape index (κ2) is 6.96. The zero-order valence-electron chi connectivity index (χ0n) is 14.3. The first kappa shape index (κ1) is 18.5. The van der Waals surface area contributed by atoms with Crippen molar-refractivity contribution in [1.29, 1.82) is 0 Å². The topological polar surface area (TPSA) is 69.1 Å². The van der Waals surface area contributed by atoms with Gasteiger partial charge in [0.15, 0.2) is 0 Å². The summed E-state index contributed by atoms with van der Waals surface area (Å²) in [5, 5.41) is 14.8. The number of nitrogens with one attached hydrogen (secondary N) is 2. The molecule has 134 valence electrons. The highest BCUT2D eigenvalue weighted by Gasteiger charge is 2.73. The van der Waals surface area contributed by atoms with E-state index in [2.05, 4.69) is 22.7 Å². The monoisotopic (exact) mass is 334 g/mol. The predicted octanol–water partition coefficient (Wildman–Crippen LogP) is 1.32. The van der Waals surface area contributed by atoms with Crippen molar-refractivity contribution in [3.63, 3.8) is 0 Å². The smallest absolute Gasteiger partial charge is 0.267 e. The van der Waals surface area contributed by atoms with Gasteiger partial charge in [0.25, 0.3) is 5.92 Å². The minimum atomic E-state index is -2.79. The number of hydrazine groups is 1. The lowest BCUT2D eigenvalue weighted by Gasteiger charge is -2.23. The summed E-state index contributed by atoms with van der Waals surface area (Å²) in [4.78, 5) is 4.18. The van der Waals surface area contributed by atoms with E-state index in [9.17, 15) is 13.9 Å². The van der Waals surface area contributed by atoms with E-state index in [-0.39, 0.29) is 23.9 Å². The molecule has 0 amide bonds. The number of ether oxygens (including phenoxy) is 1. The van der Waals surface area contributed by atoms with Crippen molar-refractivity contribution >= 4 is 5.84 Å². The molecule has 8 heteroatoms. The molecule has 2 rings (SSSR count). The largest absolute Gasteiger partial charge is 0.356 e. The van der Waals surface area contributed by atoms with E-state index in [4.69, 9.17) is 4.74 Å². The van der Waals surface area contributed by atoms with Crippen molar-refractivity contribution in [2.45, 2.75) is 64.5 Å². The summed E-state index contributed by atoms with van der Waals surface area (Å²) in [5.74, 6) is -2.21. The van der Waals surface area contributed by atoms with Gasteiger partial charge in [-0.2, -0.15) is 0 Å². The van der Waals surface area contributed by atoms with Crippen LogP contribution in [0.5, 0.6) is 0 Å². The number of alkyl halides is 2. The number of likely N-dealkylation sites (N-methyl/N-ethyl adjacent to an activating group) is 1. The molecule has 0 radical (unpaired) electrons. The van der Waals surface area contributed by atoms with E-state index in [1.807, 2.05) is 12.1 Å². The first-order valence-corrected chi connectivity index (χ1v) is 8.30. The van der Waals surface area contributed by atoms with E-state index in [1.54, 1.807) is 6.92 Å². The summed E-state index contributed by atoms with van der Waals surface area (Å²) in [6.45, 7) is 5.19. The molecule has 1 aliphatic heterocycles. The predicted molar refractivity (Wildman–Crippen MR) is 84.1 cm³/mol. The van der Waals surface area contributed by atoms with Crippen LogP contribution in [-0.4, -0.2) is 60.6 Å². The van der Waals surface area contributed by atoms with Gasteiger partial charge in [0.05, 0.1) is 11.5 Å². The van der Waals surface area contributed by atoms with Gasteiger partial charge in [-0.3, -0.25) is 10.3 Å². The van der Waals surface area contributed by atoms with E-state index >= 15 is 0 Å². The Kier molecular flexibility index (Phi) is 5.60. The quantitative estimate of drug-likeness (QED) is 0.555. The Morgan fingerprint density at radius 2 is 2.17 bits per heavy atom. The van der Waals surface area contributed by atoms with Crippen LogP contribution in [0.15, 0.2) is 4.99 Å². The molecule has 1 heterocycles. The van der Waals surface area contributed by atoms with Crippen LogP contribution in [0.1, 0.15) is 40.0 Å². The van der Waals surface area contributed by atoms with Crippen LogP contribution < -0.4 is 10.7 Å². The summed E-state index contributed by atoms with van der Waals surface area (Å²) >= 11 is 0. The number of aliphatic imine (C=N–C) groups is 1. The first-order valence-electron chi connectivity index (χ1n) is 8.30. The molecule has 0 aromatic rings. The third-order valence-electron chi connectivity index (χ3n) is 4.73. The molecule has 3 N–H and O–H groups in total. The standard InChI is InChI=1S/C15H28F2N4O2/c1-5-8-15-10(19-13(22)23-7-3)11(15)21(4)20-12(15)18-9-14(16,17)6-2/h10-11,13,19,22H,5-9H2,1-4H3,(H,18,20)/t10?,11?,13?,15-/m1/s1. The third kappa shape index (κ3) is 3.50. The Labute approximate surface area is 136 Å². The fourth-order valence-electron chi connectivity index (χ4n) is 3.54. The minimum absolute atomic E-state index is 0.0655. The number of fused-ring (bicyclic) bond motifs is 1. The van der Waals surface area contributed by atoms with Crippen molar-refractivity contribution in [2.24, 2.45) is 10.4 Å². The zero-order valence-corrected chi connectivity index (χ0v) is 14.3. The van der Waals surface area contributed by atoms with Crippen LogP contribution in [0, 0.1) is 5.41 Å². The van der Waals surface area contributed by atoms with E-state index < -0.39 is 18.9 Å². The number of hydrogen-bond donors (Lipinski definition) is 3. The lowest BCUT2D eigenvalue weighted by atomic mass is 9.98. The summed E-state index contributed by atoms with van der Waals surface area (Å²) in [6, 6.07) is 0.0100. The highest BCUT2D eigenvalue weighted by molar-refractivity contribution is 5.95. The average Bonchev–Trinajstić information content (AvgIpc) is 3.01.